The fourth-order valence-electron chi connectivity index (χ4n) is 2.96. The standard InChI is InChI=1S/C20H17N5O/c1-2-6-13(7-3-1)18-15-8-4-5-9-16(15)22-20(23-18)21-12-17-24-25-19(26-17)14-10-11-14/h1-9,14H,10-12H2,(H,21,22,23). The normalized spacial score (nSPS) is 13.8. The van der Waals surface area contributed by atoms with Crippen LogP contribution in [0.3, 0.4) is 0 Å². The van der Waals surface area contributed by atoms with Crippen molar-refractivity contribution in [2.24, 2.45) is 0 Å². The summed E-state index contributed by atoms with van der Waals surface area (Å²) in [5.74, 6) is 2.31. The van der Waals surface area contributed by atoms with Gasteiger partial charge in [-0.05, 0) is 18.9 Å². The number of benzene rings is 2. The molecule has 0 radical (unpaired) electrons. The quantitative estimate of drug-likeness (QED) is 0.586. The van der Waals surface area contributed by atoms with Crippen molar-refractivity contribution in [1.82, 2.24) is 20.2 Å². The molecule has 128 valence electrons. The van der Waals surface area contributed by atoms with Crippen LogP contribution in [-0.4, -0.2) is 20.2 Å². The van der Waals surface area contributed by atoms with Crippen molar-refractivity contribution in [3.63, 3.8) is 0 Å². The number of nitrogens with zero attached hydrogens (tertiary/aromatic N) is 4. The second-order valence-corrected chi connectivity index (χ2v) is 6.44. The summed E-state index contributed by atoms with van der Waals surface area (Å²) in [5.41, 5.74) is 2.86. The van der Waals surface area contributed by atoms with E-state index >= 15 is 0 Å². The predicted octanol–water partition coefficient (Wildman–Crippen LogP) is 4.17. The third-order valence-electron chi connectivity index (χ3n) is 4.46. The van der Waals surface area contributed by atoms with E-state index in [1.165, 1.54) is 0 Å². The third-order valence-corrected chi connectivity index (χ3v) is 4.46. The van der Waals surface area contributed by atoms with E-state index in [0.717, 1.165) is 40.9 Å². The molecule has 6 heteroatoms. The summed E-state index contributed by atoms with van der Waals surface area (Å²) in [6.45, 7) is 0.409. The molecule has 0 aliphatic heterocycles. The van der Waals surface area contributed by atoms with Crippen LogP contribution < -0.4 is 5.32 Å². The fraction of sp³-hybridized carbons (Fsp3) is 0.200. The van der Waals surface area contributed by atoms with E-state index in [4.69, 9.17) is 9.40 Å². The van der Waals surface area contributed by atoms with Gasteiger partial charge in [-0.1, -0.05) is 48.5 Å². The van der Waals surface area contributed by atoms with Crippen LogP contribution in [0.25, 0.3) is 22.2 Å². The number of aromatic nitrogens is 4. The van der Waals surface area contributed by atoms with Crippen LogP contribution in [0.1, 0.15) is 30.5 Å². The summed E-state index contributed by atoms with van der Waals surface area (Å²) < 4.78 is 5.69. The van der Waals surface area contributed by atoms with Crippen LogP contribution in [-0.2, 0) is 6.54 Å². The van der Waals surface area contributed by atoms with Crippen molar-refractivity contribution < 1.29 is 4.42 Å². The Morgan fingerprint density at radius 2 is 1.73 bits per heavy atom. The van der Waals surface area contributed by atoms with Crippen molar-refractivity contribution in [3.8, 4) is 11.3 Å². The molecular weight excluding hydrogens is 326 g/mol. The lowest BCUT2D eigenvalue weighted by Gasteiger charge is -2.09. The van der Waals surface area contributed by atoms with Gasteiger partial charge in [0.25, 0.3) is 0 Å². The van der Waals surface area contributed by atoms with E-state index in [2.05, 4.69) is 32.6 Å². The summed E-state index contributed by atoms with van der Waals surface area (Å²) in [6.07, 6.45) is 2.28. The molecule has 1 saturated carbocycles. The molecule has 1 aliphatic rings. The molecule has 1 fully saturated rings. The van der Waals surface area contributed by atoms with Gasteiger partial charge in [0, 0.05) is 16.9 Å². The summed E-state index contributed by atoms with van der Waals surface area (Å²) in [5, 5.41) is 12.5. The predicted molar refractivity (Wildman–Crippen MR) is 98.6 cm³/mol. The van der Waals surface area contributed by atoms with Gasteiger partial charge in [-0.2, -0.15) is 0 Å². The number of hydrogen-bond acceptors (Lipinski definition) is 6. The molecule has 2 aromatic carbocycles. The van der Waals surface area contributed by atoms with Gasteiger partial charge in [-0.25, -0.2) is 9.97 Å². The first-order chi connectivity index (χ1) is 12.9. The first kappa shape index (κ1) is 15.0. The van der Waals surface area contributed by atoms with Gasteiger partial charge in [-0.3, -0.25) is 0 Å². The number of hydrogen-bond donors (Lipinski definition) is 1. The van der Waals surface area contributed by atoms with Crippen molar-refractivity contribution >= 4 is 16.9 Å². The molecule has 2 aromatic heterocycles. The lowest BCUT2D eigenvalue weighted by atomic mass is 10.1. The van der Waals surface area contributed by atoms with Crippen LogP contribution in [0.5, 0.6) is 0 Å². The molecule has 5 rings (SSSR count). The van der Waals surface area contributed by atoms with E-state index in [1.807, 2.05) is 42.5 Å². The molecular formula is C20H17N5O. The Balaban J connectivity index is 1.47. The monoisotopic (exact) mass is 343 g/mol. The Labute approximate surface area is 150 Å². The van der Waals surface area contributed by atoms with E-state index in [1.54, 1.807) is 0 Å². The molecule has 6 nitrogen and oxygen atoms in total. The average molecular weight is 343 g/mol. The van der Waals surface area contributed by atoms with Crippen molar-refractivity contribution in [2.75, 3.05) is 5.32 Å². The molecule has 1 aliphatic carbocycles. The van der Waals surface area contributed by atoms with Crippen molar-refractivity contribution in [2.45, 2.75) is 25.3 Å². The average Bonchev–Trinajstić information content (AvgIpc) is 3.44. The van der Waals surface area contributed by atoms with Crippen molar-refractivity contribution in [1.29, 1.82) is 0 Å². The van der Waals surface area contributed by atoms with Crippen molar-refractivity contribution in [3.05, 3.63) is 66.4 Å². The molecule has 0 unspecified atom stereocenters. The highest BCUT2D eigenvalue weighted by molar-refractivity contribution is 5.93. The summed E-state index contributed by atoms with van der Waals surface area (Å²) >= 11 is 0. The van der Waals surface area contributed by atoms with Crippen LogP contribution in [0.2, 0.25) is 0 Å². The van der Waals surface area contributed by atoms with Gasteiger partial charge in [0.1, 0.15) is 0 Å². The zero-order valence-corrected chi connectivity index (χ0v) is 14.1. The molecule has 1 N–H and O–H groups in total. The number of para-hydroxylation sites is 1. The SMILES string of the molecule is c1ccc(-c2nc(NCc3nnc(C4CC4)o3)nc3ccccc23)cc1. The van der Waals surface area contributed by atoms with Crippen LogP contribution >= 0.6 is 0 Å². The largest absolute Gasteiger partial charge is 0.423 e. The first-order valence-electron chi connectivity index (χ1n) is 8.75. The fourth-order valence-corrected chi connectivity index (χ4v) is 2.96. The smallest absolute Gasteiger partial charge is 0.235 e. The van der Waals surface area contributed by atoms with Gasteiger partial charge < -0.3 is 9.73 Å². The number of anilines is 1. The topological polar surface area (TPSA) is 76.7 Å². The van der Waals surface area contributed by atoms with Crippen LogP contribution in [0.15, 0.2) is 59.0 Å². The lowest BCUT2D eigenvalue weighted by molar-refractivity contribution is 0.456. The lowest BCUT2D eigenvalue weighted by Crippen LogP contribution is -2.05. The second-order valence-electron chi connectivity index (χ2n) is 6.44. The third kappa shape index (κ3) is 2.90. The summed E-state index contributed by atoms with van der Waals surface area (Å²) in [7, 11) is 0. The van der Waals surface area contributed by atoms with Gasteiger partial charge in [-0.15, -0.1) is 10.2 Å². The van der Waals surface area contributed by atoms with Gasteiger partial charge in [0.05, 0.1) is 17.8 Å². The Morgan fingerprint density at radius 1 is 0.923 bits per heavy atom. The van der Waals surface area contributed by atoms with E-state index < -0.39 is 0 Å². The molecule has 0 saturated heterocycles. The number of rotatable bonds is 5. The van der Waals surface area contributed by atoms with Gasteiger partial charge in [0.2, 0.25) is 17.7 Å². The maximum Gasteiger partial charge on any atom is 0.235 e. The highest BCUT2D eigenvalue weighted by atomic mass is 16.4. The number of nitrogens with one attached hydrogen (secondary N) is 1. The molecule has 4 aromatic rings. The minimum Gasteiger partial charge on any atom is -0.423 e. The Bertz CT molecular complexity index is 1060. The Morgan fingerprint density at radius 3 is 2.58 bits per heavy atom. The zero-order valence-electron chi connectivity index (χ0n) is 14.1. The molecule has 0 atom stereocenters. The highest BCUT2D eigenvalue weighted by Gasteiger charge is 2.29. The maximum atomic E-state index is 5.69. The molecule has 2 heterocycles. The molecule has 0 amide bonds. The minimum absolute atomic E-state index is 0.409. The summed E-state index contributed by atoms with van der Waals surface area (Å²) in [4.78, 5) is 9.35. The molecule has 0 bridgehead atoms. The Hall–Kier alpha value is -3.28. The second kappa shape index (κ2) is 6.22. The first-order valence-corrected chi connectivity index (χ1v) is 8.75. The summed E-state index contributed by atoms with van der Waals surface area (Å²) in [6, 6.07) is 18.1. The zero-order chi connectivity index (χ0) is 17.3. The Kier molecular flexibility index (Phi) is 3.59. The highest BCUT2D eigenvalue weighted by Crippen LogP contribution is 2.39. The van der Waals surface area contributed by atoms with E-state index in [-0.39, 0.29) is 0 Å². The van der Waals surface area contributed by atoms with E-state index in [9.17, 15) is 0 Å². The van der Waals surface area contributed by atoms with Gasteiger partial charge in [0.15, 0.2) is 0 Å². The molecule has 0 spiro atoms. The minimum atomic E-state index is 0.409. The van der Waals surface area contributed by atoms with E-state index in [0.29, 0.717) is 24.3 Å². The van der Waals surface area contributed by atoms with Crippen LogP contribution in [0.4, 0.5) is 5.95 Å². The number of fused-ring (bicyclic) bond motifs is 1. The van der Waals surface area contributed by atoms with Crippen LogP contribution in [0, 0.1) is 0 Å². The maximum absolute atomic E-state index is 5.69. The van der Waals surface area contributed by atoms with Gasteiger partial charge >= 0.3 is 0 Å². The molecule has 26 heavy (non-hydrogen) atoms.